The molecule has 0 aliphatic rings. The summed E-state index contributed by atoms with van der Waals surface area (Å²) in [5.74, 6) is -0.956. The van der Waals surface area contributed by atoms with Crippen molar-refractivity contribution in [2.24, 2.45) is 0 Å². The molecule has 3 rings (SSSR count). The molecule has 0 saturated carbocycles. The lowest BCUT2D eigenvalue weighted by Gasteiger charge is -2.35. The van der Waals surface area contributed by atoms with Gasteiger partial charge in [0.05, 0.1) is 22.0 Å². The van der Waals surface area contributed by atoms with Crippen molar-refractivity contribution < 1.29 is 18.0 Å². The lowest BCUT2D eigenvalue weighted by molar-refractivity contribution is -0.140. The van der Waals surface area contributed by atoms with E-state index in [9.17, 15) is 18.0 Å². The van der Waals surface area contributed by atoms with Gasteiger partial charge >= 0.3 is 0 Å². The highest BCUT2D eigenvalue weighted by atomic mass is 35.5. The van der Waals surface area contributed by atoms with Gasteiger partial charge in [0.15, 0.2) is 0 Å². The van der Waals surface area contributed by atoms with E-state index in [1.54, 1.807) is 37.3 Å². The van der Waals surface area contributed by atoms with Crippen molar-refractivity contribution in [1.29, 1.82) is 0 Å². The van der Waals surface area contributed by atoms with E-state index >= 15 is 0 Å². The Kier molecular flexibility index (Phi) is 10.7. The van der Waals surface area contributed by atoms with Gasteiger partial charge in [-0.25, -0.2) is 8.42 Å². The summed E-state index contributed by atoms with van der Waals surface area (Å²) < 4.78 is 26.8. The zero-order valence-corrected chi connectivity index (χ0v) is 26.7. The van der Waals surface area contributed by atoms with E-state index in [0.29, 0.717) is 20.6 Å². The SMILES string of the molecule is Cc1ccc(N(CC(=O)N(Cc2ccc(Cl)c(Cl)c2)[C@@H](Cc2ccccc2)C(=O)NC(C)(C)C)S(C)(=O)=O)cc1Cl. The minimum absolute atomic E-state index is 0.0168. The van der Waals surface area contributed by atoms with Crippen LogP contribution >= 0.6 is 34.8 Å². The molecule has 3 aromatic carbocycles. The van der Waals surface area contributed by atoms with E-state index in [2.05, 4.69) is 5.32 Å². The molecule has 11 heteroatoms. The van der Waals surface area contributed by atoms with Crippen LogP contribution in [0, 0.1) is 6.92 Å². The van der Waals surface area contributed by atoms with Gasteiger partial charge in [-0.15, -0.1) is 0 Å². The number of amides is 2. The maximum absolute atomic E-state index is 14.1. The summed E-state index contributed by atoms with van der Waals surface area (Å²) in [5, 5.41) is 3.98. The normalized spacial score (nSPS) is 12.5. The number of carbonyl (C=O) groups is 2. The molecule has 2 amide bonds. The second-order valence-corrected chi connectivity index (χ2v) is 14.0. The Labute approximate surface area is 257 Å². The highest BCUT2D eigenvalue weighted by Gasteiger charge is 2.34. The van der Waals surface area contributed by atoms with Crippen molar-refractivity contribution in [3.05, 3.63) is 98.5 Å². The molecule has 0 fully saturated rings. The molecule has 0 aliphatic carbocycles. The molecule has 0 unspecified atom stereocenters. The van der Waals surface area contributed by atoms with Crippen molar-refractivity contribution in [2.45, 2.75) is 52.2 Å². The van der Waals surface area contributed by atoms with Crippen LogP contribution < -0.4 is 9.62 Å². The Morgan fingerprint density at radius 1 is 0.878 bits per heavy atom. The molecule has 0 saturated heterocycles. The molecule has 0 spiro atoms. The molecule has 0 radical (unpaired) electrons. The fourth-order valence-corrected chi connectivity index (χ4v) is 5.53. The molecule has 7 nitrogen and oxygen atoms in total. The largest absolute Gasteiger partial charge is 0.350 e. The summed E-state index contributed by atoms with van der Waals surface area (Å²) in [6.07, 6.45) is 1.22. The van der Waals surface area contributed by atoms with Crippen molar-refractivity contribution in [2.75, 3.05) is 17.1 Å². The highest BCUT2D eigenvalue weighted by molar-refractivity contribution is 7.92. The molecule has 0 bridgehead atoms. The summed E-state index contributed by atoms with van der Waals surface area (Å²) in [6, 6.07) is 18.1. The van der Waals surface area contributed by atoms with E-state index in [0.717, 1.165) is 21.7 Å². The lowest BCUT2D eigenvalue weighted by atomic mass is 10.0. The van der Waals surface area contributed by atoms with Crippen LogP contribution in [0.5, 0.6) is 0 Å². The smallest absolute Gasteiger partial charge is 0.244 e. The first-order valence-electron chi connectivity index (χ1n) is 12.9. The van der Waals surface area contributed by atoms with Gasteiger partial charge in [-0.3, -0.25) is 13.9 Å². The molecule has 0 aliphatic heterocycles. The summed E-state index contributed by atoms with van der Waals surface area (Å²) in [5.41, 5.74) is 1.88. The third-order valence-corrected chi connectivity index (χ3v) is 8.52. The van der Waals surface area contributed by atoms with Crippen LogP contribution in [-0.4, -0.2) is 49.5 Å². The first kappa shape index (κ1) is 32.7. The molecule has 0 aromatic heterocycles. The molecule has 0 heterocycles. The predicted octanol–water partition coefficient (Wildman–Crippen LogP) is 6.28. The standard InChI is InChI=1S/C30H34Cl3N3O4S/c1-20-11-13-23(17-25(20)32)36(41(5,39)40)19-28(37)35(18-22-12-14-24(31)26(33)15-22)27(29(38)34-30(2,3)4)16-21-9-7-6-8-10-21/h6-15,17,27H,16,18-19H2,1-5H3,(H,34,38)/t27-/m0/s1. The zero-order chi connectivity index (χ0) is 30.5. The van der Waals surface area contributed by atoms with E-state index in [-0.39, 0.29) is 24.6 Å². The quantitative estimate of drug-likeness (QED) is 0.283. The van der Waals surface area contributed by atoms with Gasteiger partial charge in [-0.2, -0.15) is 0 Å². The number of hydrogen-bond acceptors (Lipinski definition) is 4. The zero-order valence-electron chi connectivity index (χ0n) is 23.6. The van der Waals surface area contributed by atoms with E-state index in [1.165, 1.54) is 11.0 Å². The highest BCUT2D eigenvalue weighted by Crippen LogP contribution is 2.27. The molecular weight excluding hydrogens is 605 g/mol. The number of carbonyl (C=O) groups excluding carboxylic acids is 2. The third kappa shape index (κ3) is 9.36. The number of sulfonamides is 1. The molecule has 220 valence electrons. The van der Waals surface area contributed by atoms with Crippen LogP contribution in [-0.2, 0) is 32.6 Å². The second kappa shape index (κ2) is 13.5. The van der Waals surface area contributed by atoms with Crippen LogP contribution in [0.3, 0.4) is 0 Å². The molecule has 1 atom stereocenters. The minimum atomic E-state index is -3.91. The first-order valence-corrected chi connectivity index (χ1v) is 15.9. The summed E-state index contributed by atoms with van der Waals surface area (Å²) in [6.45, 7) is 6.78. The van der Waals surface area contributed by atoms with Gasteiger partial charge in [0.2, 0.25) is 21.8 Å². The number of halogens is 3. The van der Waals surface area contributed by atoms with E-state index in [4.69, 9.17) is 34.8 Å². The maximum atomic E-state index is 14.1. The van der Waals surface area contributed by atoms with Crippen LogP contribution in [0.1, 0.15) is 37.5 Å². The van der Waals surface area contributed by atoms with Crippen LogP contribution in [0.25, 0.3) is 0 Å². The summed E-state index contributed by atoms with van der Waals surface area (Å²) >= 11 is 18.7. The van der Waals surface area contributed by atoms with Crippen molar-refractivity contribution in [3.63, 3.8) is 0 Å². The Morgan fingerprint density at radius 2 is 1.54 bits per heavy atom. The Hall–Kier alpha value is -2.78. The third-order valence-electron chi connectivity index (χ3n) is 6.23. The Balaban J connectivity index is 2.10. The number of benzene rings is 3. The number of nitrogens with zero attached hydrogens (tertiary/aromatic N) is 2. The summed E-state index contributed by atoms with van der Waals surface area (Å²) in [7, 11) is -3.91. The van der Waals surface area contributed by atoms with Crippen molar-refractivity contribution >= 4 is 62.3 Å². The number of nitrogens with one attached hydrogen (secondary N) is 1. The van der Waals surface area contributed by atoms with Crippen LogP contribution in [0.4, 0.5) is 5.69 Å². The second-order valence-electron chi connectivity index (χ2n) is 10.9. The van der Waals surface area contributed by atoms with Gasteiger partial charge in [-0.05, 0) is 68.7 Å². The topological polar surface area (TPSA) is 86.8 Å². The fourth-order valence-electron chi connectivity index (χ4n) is 4.19. The Morgan fingerprint density at radius 3 is 2.10 bits per heavy atom. The minimum Gasteiger partial charge on any atom is -0.350 e. The summed E-state index contributed by atoms with van der Waals surface area (Å²) in [4.78, 5) is 29.3. The Bertz CT molecular complexity index is 1510. The van der Waals surface area contributed by atoms with Gasteiger partial charge < -0.3 is 10.2 Å². The fraction of sp³-hybridized carbons (Fsp3) is 0.333. The van der Waals surface area contributed by atoms with Crippen molar-refractivity contribution in [3.8, 4) is 0 Å². The number of rotatable bonds is 10. The first-order chi connectivity index (χ1) is 19.0. The van der Waals surface area contributed by atoms with Crippen LogP contribution in [0.2, 0.25) is 15.1 Å². The monoisotopic (exact) mass is 637 g/mol. The average Bonchev–Trinajstić information content (AvgIpc) is 2.87. The number of hydrogen-bond donors (Lipinski definition) is 1. The van der Waals surface area contributed by atoms with E-state index < -0.39 is 34.1 Å². The maximum Gasteiger partial charge on any atom is 0.244 e. The van der Waals surface area contributed by atoms with Crippen LogP contribution in [0.15, 0.2) is 66.7 Å². The van der Waals surface area contributed by atoms with E-state index in [1.807, 2.05) is 51.1 Å². The number of aryl methyl sites for hydroxylation is 1. The molecule has 41 heavy (non-hydrogen) atoms. The number of anilines is 1. The van der Waals surface area contributed by atoms with Gasteiger partial charge in [0, 0.05) is 23.5 Å². The lowest BCUT2D eigenvalue weighted by Crippen LogP contribution is -2.56. The van der Waals surface area contributed by atoms with Gasteiger partial charge in [0.1, 0.15) is 12.6 Å². The van der Waals surface area contributed by atoms with Gasteiger partial charge in [-0.1, -0.05) is 77.3 Å². The van der Waals surface area contributed by atoms with Crippen molar-refractivity contribution in [1.82, 2.24) is 10.2 Å². The van der Waals surface area contributed by atoms with Gasteiger partial charge in [0.25, 0.3) is 0 Å². The molecule has 3 aromatic rings. The molecular formula is C30H34Cl3N3O4S. The average molecular weight is 639 g/mol. The molecule has 1 N–H and O–H groups in total. The predicted molar refractivity (Wildman–Crippen MR) is 167 cm³/mol.